The Hall–Kier alpha value is -3.78. The van der Waals surface area contributed by atoms with Crippen molar-refractivity contribution in [1.29, 1.82) is 0 Å². The van der Waals surface area contributed by atoms with Crippen molar-refractivity contribution < 1.29 is 23.9 Å². The Bertz CT molecular complexity index is 1370. The molecule has 5 rings (SSSR count). The molecule has 3 aromatic rings. The summed E-state index contributed by atoms with van der Waals surface area (Å²) in [5.74, 6) is -1.62. The molecule has 3 amide bonds. The van der Waals surface area contributed by atoms with E-state index >= 15 is 0 Å². The summed E-state index contributed by atoms with van der Waals surface area (Å²) in [5, 5.41) is 0. The zero-order valence-corrected chi connectivity index (χ0v) is 20.4. The smallest absolute Gasteiger partial charge is 0.316 e. The van der Waals surface area contributed by atoms with E-state index in [0.29, 0.717) is 45.7 Å². The maximum absolute atomic E-state index is 12.9. The van der Waals surface area contributed by atoms with Crippen LogP contribution in [0.1, 0.15) is 38.3 Å². The summed E-state index contributed by atoms with van der Waals surface area (Å²) >= 11 is 3.33. The third-order valence-corrected chi connectivity index (χ3v) is 6.73. The zero-order valence-electron chi connectivity index (χ0n) is 18.9. The van der Waals surface area contributed by atoms with E-state index in [-0.39, 0.29) is 12.3 Å². The van der Waals surface area contributed by atoms with Gasteiger partial charge >= 0.3 is 5.97 Å². The van der Waals surface area contributed by atoms with Gasteiger partial charge in [0.1, 0.15) is 5.75 Å². The first-order chi connectivity index (χ1) is 16.8. The topological polar surface area (TPSA) is 84.0 Å². The molecular weight excluding hydrogens is 512 g/mol. The molecule has 2 aliphatic rings. The summed E-state index contributed by atoms with van der Waals surface area (Å²) in [7, 11) is 0. The summed E-state index contributed by atoms with van der Waals surface area (Å²) in [6.45, 7) is 2.50. The minimum absolute atomic E-state index is 0.0837. The Morgan fingerprint density at radius 3 is 2.46 bits per heavy atom. The number of amides is 3. The highest BCUT2D eigenvalue weighted by atomic mass is 79.9. The first-order valence-corrected chi connectivity index (χ1v) is 11.9. The van der Waals surface area contributed by atoms with Crippen LogP contribution in [0.4, 0.5) is 5.69 Å². The molecule has 0 radical (unpaired) electrons. The number of nitrogens with zero attached hydrogens (tertiary/aromatic N) is 2. The molecule has 0 aromatic heterocycles. The van der Waals surface area contributed by atoms with Gasteiger partial charge in [-0.25, -0.2) is 4.90 Å². The quantitative estimate of drug-likeness (QED) is 0.274. The van der Waals surface area contributed by atoms with Crippen LogP contribution in [0.25, 0.3) is 0 Å². The van der Waals surface area contributed by atoms with E-state index in [1.165, 1.54) is 0 Å². The summed E-state index contributed by atoms with van der Waals surface area (Å²) in [4.78, 5) is 53.8. The van der Waals surface area contributed by atoms with Crippen LogP contribution in [-0.2, 0) is 16.1 Å². The van der Waals surface area contributed by atoms with Crippen LogP contribution in [0.3, 0.4) is 0 Å². The summed E-state index contributed by atoms with van der Waals surface area (Å²) in [5.41, 5.74) is 2.72. The minimum atomic E-state index is -0.555. The second-order valence-electron chi connectivity index (χ2n) is 8.67. The van der Waals surface area contributed by atoms with Gasteiger partial charge in [0.25, 0.3) is 11.8 Å². The minimum Gasteiger partial charge on any atom is -0.426 e. The van der Waals surface area contributed by atoms with Crippen molar-refractivity contribution in [3.8, 4) is 5.75 Å². The number of halogens is 1. The van der Waals surface area contributed by atoms with Gasteiger partial charge in [-0.2, -0.15) is 0 Å². The molecule has 0 saturated carbocycles. The molecule has 1 atom stereocenters. The lowest BCUT2D eigenvalue weighted by atomic mass is 10.1. The Balaban J connectivity index is 1.27. The van der Waals surface area contributed by atoms with Crippen LogP contribution < -0.4 is 9.64 Å². The monoisotopic (exact) mass is 532 g/mol. The van der Waals surface area contributed by atoms with Gasteiger partial charge in [0.15, 0.2) is 0 Å². The molecule has 35 heavy (non-hydrogen) atoms. The number of imide groups is 1. The number of carbonyl (C=O) groups excluding carboxylic acids is 4. The molecule has 1 saturated heterocycles. The standard InChI is InChI=1S/C27H21BrN2O5/c1-16-11-20(8-10-23(16)30-25(32)21-9-7-19(28)13-22(21)26(30)33)35-27(34)18-12-24(31)29(15-18)14-17-5-3-2-4-6-17/h2-11,13,18H,12,14-15H2,1H3/t18-/m0/s1. The van der Waals surface area contributed by atoms with Crippen LogP contribution in [0.15, 0.2) is 71.2 Å². The molecule has 1 fully saturated rings. The second kappa shape index (κ2) is 9.11. The third kappa shape index (κ3) is 4.37. The van der Waals surface area contributed by atoms with Crippen molar-refractivity contribution in [2.45, 2.75) is 19.9 Å². The molecule has 7 nitrogen and oxygen atoms in total. The van der Waals surface area contributed by atoms with Gasteiger partial charge in [0.2, 0.25) is 5.91 Å². The summed E-state index contributed by atoms with van der Waals surface area (Å²) < 4.78 is 6.28. The molecule has 0 N–H and O–H groups in total. The Morgan fingerprint density at radius 1 is 0.971 bits per heavy atom. The number of anilines is 1. The summed E-state index contributed by atoms with van der Waals surface area (Å²) in [6, 6.07) is 19.4. The number of rotatable bonds is 5. The fourth-order valence-corrected chi connectivity index (χ4v) is 4.82. The van der Waals surface area contributed by atoms with Gasteiger partial charge in [-0.1, -0.05) is 46.3 Å². The van der Waals surface area contributed by atoms with Crippen molar-refractivity contribution in [3.05, 3.63) is 93.5 Å². The average Bonchev–Trinajstić information content (AvgIpc) is 3.31. The number of hydrogen-bond acceptors (Lipinski definition) is 5. The van der Waals surface area contributed by atoms with Crippen LogP contribution >= 0.6 is 15.9 Å². The molecule has 8 heteroatoms. The number of hydrogen-bond donors (Lipinski definition) is 0. The highest BCUT2D eigenvalue weighted by Gasteiger charge is 2.38. The molecule has 0 unspecified atom stereocenters. The number of likely N-dealkylation sites (tertiary alicyclic amines) is 1. The molecule has 0 bridgehead atoms. The van der Waals surface area contributed by atoms with Crippen molar-refractivity contribution in [2.24, 2.45) is 5.92 Å². The van der Waals surface area contributed by atoms with Crippen molar-refractivity contribution in [2.75, 3.05) is 11.4 Å². The fraction of sp³-hybridized carbons (Fsp3) is 0.185. The Kier molecular flexibility index (Phi) is 5.98. The van der Waals surface area contributed by atoms with Crippen LogP contribution in [0.5, 0.6) is 5.75 Å². The van der Waals surface area contributed by atoms with Crippen molar-refractivity contribution in [3.63, 3.8) is 0 Å². The number of benzene rings is 3. The van der Waals surface area contributed by atoms with Gasteiger partial charge in [0.05, 0.1) is 22.7 Å². The maximum atomic E-state index is 12.9. The third-order valence-electron chi connectivity index (χ3n) is 6.24. The van der Waals surface area contributed by atoms with Crippen LogP contribution in [0.2, 0.25) is 0 Å². The normalized spacial score (nSPS) is 17.2. The molecule has 2 aliphatic heterocycles. The second-order valence-corrected chi connectivity index (χ2v) is 9.58. The van der Waals surface area contributed by atoms with Gasteiger partial charge in [-0.15, -0.1) is 0 Å². The number of carbonyl (C=O) groups is 4. The maximum Gasteiger partial charge on any atom is 0.316 e. The number of fused-ring (bicyclic) bond motifs is 1. The van der Waals surface area contributed by atoms with Gasteiger partial charge in [0, 0.05) is 24.0 Å². The van der Waals surface area contributed by atoms with Crippen LogP contribution in [0, 0.1) is 12.8 Å². The number of esters is 1. The van der Waals surface area contributed by atoms with Crippen LogP contribution in [-0.4, -0.2) is 35.1 Å². The Labute approximate surface area is 210 Å². The van der Waals surface area contributed by atoms with Crippen molar-refractivity contribution in [1.82, 2.24) is 4.90 Å². The highest BCUT2D eigenvalue weighted by molar-refractivity contribution is 9.10. The molecule has 0 spiro atoms. The Morgan fingerprint density at radius 2 is 1.71 bits per heavy atom. The average molecular weight is 533 g/mol. The number of ether oxygens (including phenoxy) is 1. The molecule has 3 aromatic carbocycles. The molecule has 0 aliphatic carbocycles. The highest BCUT2D eigenvalue weighted by Crippen LogP contribution is 2.34. The van der Waals surface area contributed by atoms with Gasteiger partial charge in [-0.05, 0) is 54.4 Å². The first kappa shape index (κ1) is 23.0. The lowest BCUT2D eigenvalue weighted by Crippen LogP contribution is -2.30. The van der Waals surface area contributed by atoms with E-state index in [1.54, 1.807) is 48.2 Å². The van der Waals surface area contributed by atoms with E-state index in [1.807, 2.05) is 30.3 Å². The van der Waals surface area contributed by atoms with E-state index in [2.05, 4.69) is 15.9 Å². The summed E-state index contributed by atoms with van der Waals surface area (Å²) in [6.07, 6.45) is 0.104. The largest absolute Gasteiger partial charge is 0.426 e. The molecular formula is C27H21BrN2O5. The molecule has 176 valence electrons. The lowest BCUT2D eigenvalue weighted by molar-refractivity contribution is -0.139. The van der Waals surface area contributed by atoms with E-state index in [0.717, 1.165) is 10.5 Å². The predicted octanol–water partition coefficient (Wildman–Crippen LogP) is 4.51. The number of aryl methyl sites for hydroxylation is 1. The predicted molar refractivity (Wildman–Crippen MR) is 132 cm³/mol. The van der Waals surface area contributed by atoms with E-state index in [4.69, 9.17) is 4.74 Å². The SMILES string of the molecule is Cc1cc(OC(=O)[C@H]2CC(=O)N(Cc3ccccc3)C2)ccc1N1C(=O)c2ccc(Br)cc2C1=O. The lowest BCUT2D eigenvalue weighted by Gasteiger charge is -2.18. The van der Waals surface area contributed by atoms with Gasteiger partial charge in [-0.3, -0.25) is 19.2 Å². The van der Waals surface area contributed by atoms with E-state index in [9.17, 15) is 19.2 Å². The van der Waals surface area contributed by atoms with Gasteiger partial charge < -0.3 is 9.64 Å². The zero-order chi connectivity index (χ0) is 24.7. The molecule has 2 heterocycles. The van der Waals surface area contributed by atoms with Crippen molar-refractivity contribution >= 4 is 45.3 Å². The van der Waals surface area contributed by atoms with E-state index < -0.39 is 23.7 Å². The first-order valence-electron chi connectivity index (χ1n) is 11.1. The fourth-order valence-electron chi connectivity index (χ4n) is 4.46.